The van der Waals surface area contributed by atoms with Gasteiger partial charge in [-0.25, -0.2) is 23.2 Å². The van der Waals surface area contributed by atoms with Crippen LogP contribution < -0.4 is 10.2 Å². The zero-order valence-electron chi connectivity index (χ0n) is 26.7. The number of carbonyl (C=O) groups excluding carboxylic acids is 2. The molecular weight excluding hydrogens is 604 g/mol. The fourth-order valence-corrected chi connectivity index (χ4v) is 6.83. The molecule has 1 spiro atoms. The summed E-state index contributed by atoms with van der Waals surface area (Å²) in [7, 11) is -3.42. The third-order valence-corrected chi connectivity index (χ3v) is 9.50. The van der Waals surface area contributed by atoms with Crippen molar-refractivity contribution in [3.8, 4) is 11.4 Å². The van der Waals surface area contributed by atoms with Crippen molar-refractivity contribution in [1.29, 1.82) is 0 Å². The first-order valence-corrected chi connectivity index (χ1v) is 17.2. The van der Waals surface area contributed by atoms with Gasteiger partial charge in [-0.1, -0.05) is 12.1 Å². The first kappa shape index (κ1) is 31.4. The molecule has 1 aliphatic heterocycles. The van der Waals surface area contributed by atoms with Crippen molar-refractivity contribution >= 4 is 44.2 Å². The van der Waals surface area contributed by atoms with Crippen molar-refractivity contribution in [3.05, 3.63) is 72.1 Å². The van der Waals surface area contributed by atoms with Crippen molar-refractivity contribution < 1.29 is 22.7 Å². The van der Waals surface area contributed by atoms with Gasteiger partial charge in [-0.15, -0.1) is 0 Å². The van der Waals surface area contributed by atoms with E-state index < -0.39 is 15.4 Å². The Morgan fingerprint density at radius 2 is 1.76 bits per heavy atom. The number of benzene rings is 1. The molecule has 11 nitrogen and oxygen atoms in total. The molecule has 0 radical (unpaired) electrons. The molecule has 3 aromatic heterocycles. The molecule has 1 saturated carbocycles. The minimum atomic E-state index is -3.42. The van der Waals surface area contributed by atoms with Crippen LogP contribution in [0.15, 0.2) is 65.7 Å². The van der Waals surface area contributed by atoms with Gasteiger partial charge in [0.25, 0.3) is 0 Å². The highest BCUT2D eigenvalue weighted by atomic mass is 32.2. The molecule has 2 aliphatic rings. The van der Waals surface area contributed by atoms with Gasteiger partial charge in [-0.2, -0.15) is 0 Å². The molecule has 240 valence electrons. The van der Waals surface area contributed by atoms with Crippen molar-refractivity contribution in [1.82, 2.24) is 19.9 Å². The largest absolute Gasteiger partial charge is 0.444 e. The Balaban J connectivity index is 1.17. The summed E-state index contributed by atoms with van der Waals surface area (Å²) in [6.07, 6.45) is 4.45. The van der Waals surface area contributed by atoms with Gasteiger partial charge in [0.05, 0.1) is 39.5 Å². The molecule has 1 saturated heterocycles. The zero-order chi connectivity index (χ0) is 32.9. The van der Waals surface area contributed by atoms with Crippen LogP contribution in [0.5, 0.6) is 0 Å². The zero-order valence-corrected chi connectivity index (χ0v) is 27.5. The summed E-state index contributed by atoms with van der Waals surface area (Å²) in [5.41, 5.74) is 2.89. The van der Waals surface area contributed by atoms with Gasteiger partial charge >= 0.3 is 6.09 Å². The van der Waals surface area contributed by atoms with Crippen LogP contribution in [0.2, 0.25) is 0 Å². The summed E-state index contributed by atoms with van der Waals surface area (Å²) in [4.78, 5) is 44.3. The maximum atomic E-state index is 12.9. The van der Waals surface area contributed by atoms with Crippen LogP contribution in [0.4, 0.5) is 16.3 Å². The van der Waals surface area contributed by atoms with E-state index in [4.69, 9.17) is 14.7 Å². The van der Waals surface area contributed by atoms with Gasteiger partial charge in [0.15, 0.2) is 9.84 Å². The summed E-state index contributed by atoms with van der Waals surface area (Å²) in [6, 6.07) is 16.3. The lowest BCUT2D eigenvalue weighted by Gasteiger charge is -2.42. The molecular formula is C34H38N6O5S. The maximum absolute atomic E-state index is 12.9. The van der Waals surface area contributed by atoms with Crippen LogP contribution in [0.3, 0.4) is 0 Å². The second-order valence-electron chi connectivity index (χ2n) is 13.2. The van der Waals surface area contributed by atoms with Crippen molar-refractivity contribution in [2.75, 3.05) is 36.1 Å². The third kappa shape index (κ3) is 6.81. The number of anilines is 2. The Morgan fingerprint density at radius 3 is 2.48 bits per heavy atom. The summed E-state index contributed by atoms with van der Waals surface area (Å²) in [5, 5.41) is 3.60. The second kappa shape index (κ2) is 11.7. The Morgan fingerprint density at radius 1 is 1.00 bits per heavy atom. The molecule has 4 aromatic rings. The van der Waals surface area contributed by atoms with Crippen LogP contribution >= 0.6 is 0 Å². The topological polar surface area (TPSA) is 135 Å². The predicted octanol–water partition coefficient (Wildman–Crippen LogP) is 5.17. The molecule has 0 atom stereocenters. The summed E-state index contributed by atoms with van der Waals surface area (Å²) >= 11 is 0. The number of amides is 2. The summed E-state index contributed by atoms with van der Waals surface area (Å²) in [6.45, 7) is 9.29. The van der Waals surface area contributed by atoms with Gasteiger partial charge < -0.3 is 15.0 Å². The highest BCUT2D eigenvalue weighted by molar-refractivity contribution is 7.90. The fraction of sp³-hybridized carbons (Fsp3) is 0.382. The number of nitrogens with zero attached hydrogens (tertiary/aromatic N) is 5. The summed E-state index contributed by atoms with van der Waals surface area (Å²) in [5.74, 6) is 0.512. The van der Waals surface area contributed by atoms with E-state index in [1.54, 1.807) is 31.3 Å². The molecule has 2 amide bonds. The SMILES string of the molecule is Cc1ccc(NC(=O)Cc2cc3nc(-c4cccc(N5CCN(C(=O)OC(C)(C)C)C6(CC6)C5)n4)ccc3cn2)cc1S(C)(=O)=O. The van der Waals surface area contributed by atoms with E-state index in [-0.39, 0.29) is 28.9 Å². The number of carbonyl (C=O) groups is 2. The maximum Gasteiger partial charge on any atom is 0.410 e. The van der Waals surface area contributed by atoms with Crippen LogP contribution in [-0.2, 0) is 25.8 Å². The average molecular weight is 643 g/mol. The van der Waals surface area contributed by atoms with Crippen LogP contribution in [0.1, 0.15) is 44.9 Å². The molecule has 12 heteroatoms. The number of aromatic nitrogens is 3. The monoisotopic (exact) mass is 642 g/mol. The quantitative estimate of drug-likeness (QED) is 0.302. The number of ether oxygens (including phenoxy) is 1. The van der Waals surface area contributed by atoms with Crippen molar-refractivity contribution in [2.45, 2.75) is 63.0 Å². The molecule has 1 N–H and O–H groups in total. The number of hydrogen-bond donors (Lipinski definition) is 1. The standard InChI is InChI=1S/C34H38N6O5S/c1-22-9-11-24(18-29(22)46(5,43)44)36-31(41)19-25-17-28-23(20-35-25)10-12-27(37-28)26-7-6-8-30(38-26)39-15-16-40(34(21-39)13-14-34)32(42)45-33(2,3)4/h6-12,17-18,20H,13-16,19,21H2,1-5H3,(H,36,41). The number of sulfone groups is 1. The van der Waals surface area contributed by atoms with Gasteiger partial charge in [0, 0.05) is 43.2 Å². The van der Waals surface area contributed by atoms with Crippen molar-refractivity contribution in [2.24, 2.45) is 0 Å². The number of nitrogens with one attached hydrogen (secondary N) is 1. The molecule has 4 heterocycles. The Kier molecular flexibility index (Phi) is 7.95. The first-order chi connectivity index (χ1) is 21.7. The first-order valence-electron chi connectivity index (χ1n) is 15.3. The van der Waals surface area contributed by atoms with Crippen LogP contribution in [0, 0.1) is 6.92 Å². The molecule has 1 aliphatic carbocycles. The Hall–Kier alpha value is -4.58. The van der Waals surface area contributed by atoms with Crippen molar-refractivity contribution in [3.63, 3.8) is 0 Å². The smallest absolute Gasteiger partial charge is 0.410 e. The number of fused-ring (bicyclic) bond motifs is 1. The minimum Gasteiger partial charge on any atom is -0.444 e. The van der Waals surface area contributed by atoms with E-state index in [0.717, 1.165) is 36.0 Å². The van der Waals surface area contributed by atoms with Gasteiger partial charge in [0.2, 0.25) is 5.91 Å². The Bertz CT molecular complexity index is 1950. The molecule has 46 heavy (non-hydrogen) atoms. The van der Waals surface area contributed by atoms with E-state index in [2.05, 4.69) is 15.2 Å². The average Bonchev–Trinajstić information content (AvgIpc) is 3.75. The third-order valence-electron chi connectivity index (χ3n) is 8.26. The lowest BCUT2D eigenvalue weighted by Crippen LogP contribution is -2.58. The van der Waals surface area contributed by atoms with E-state index in [0.29, 0.717) is 47.8 Å². The number of pyridine rings is 3. The predicted molar refractivity (Wildman–Crippen MR) is 177 cm³/mol. The minimum absolute atomic E-state index is 0.00527. The van der Waals surface area contributed by atoms with E-state index in [9.17, 15) is 18.0 Å². The van der Waals surface area contributed by atoms with Gasteiger partial charge in [0.1, 0.15) is 11.4 Å². The number of aryl methyl sites for hydroxylation is 1. The van der Waals surface area contributed by atoms with Crippen LogP contribution in [0.25, 0.3) is 22.3 Å². The number of piperazine rings is 1. The second-order valence-corrected chi connectivity index (χ2v) is 15.2. The molecule has 1 aromatic carbocycles. The number of hydrogen-bond acceptors (Lipinski definition) is 9. The summed E-state index contributed by atoms with van der Waals surface area (Å²) < 4.78 is 29.8. The normalized spacial score (nSPS) is 16.0. The van der Waals surface area contributed by atoms with E-state index in [1.165, 1.54) is 6.07 Å². The molecule has 2 fully saturated rings. The molecule has 0 bridgehead atoms. The molecule has 6 rings (SSSR count). The highest BCUT2D eigenvalue weighted by Crippen LogP contribution is 2.45. The Labute approximate surface area is 268 Å². The van der Waals surface area contributed by atoms with Crippen LogP contribution in [-0.4, -0.2) is 77.3 Å². The van der Waals surface area contributed by atoms with Gasteiger partial charge in [-0.3, -0.25) is 14.7 Å². The lowest BCUT2D eigenvalue weighted by atomic mass is 10.1. The van der Waals surface area contributed by atoms with E-state index >= 15 is 0 Å². The molecule has 0 unspecified atom stereocenters. The van der Waals surface area contributed by atoms with Gasteiger partial charge in [-0.05, 0) is 88.6 Å². The van der Waals surface area contributed by atoms with E-state index in [1.807, 2.05) is 56.0 Å². The fourth-order valence-electron chi connectivity index (χ4n) is 5.83. The lowest BCUT2D eigenvalue weighted by molar-refractivity contribution is -0.115. The number of rotatable bonds is 6. The highest BCUT2D eigenvalue weighted by Gasteiger charge is 2.54.